The van der Waals surface area contributed by atoms with Crippen LogP contribution < -0.4 is 5.32 Å². The van der Waals surface area contributed by atoms with Crippen LogP contribution in [0.1, 0.15) is 25.7 Å². The highest BCUT2D eigenvalue weighted by Crippen LogP contribution is 2.35. The molecule has 0 radical (unpaired) electrons. The van der Waals surface area contributed by atoms with E-state index in [1.54, 1.807) is 0 Å². The van der Waals surface area contributed by atoms with Crippen molar-refractivity contribution in [1.29, 1.82) is 0 Å². The van der Waals surface area contributed by atoms with Gasteiger partial charge in [-0.25, -0.2) is 0 Å². The number of nitrogens with one attached hydrogen (secondary N) is 1. The van der Waals surface area contributed by atoms with Gasteiger partial charge in [0.1, 0.15) is 0 Å². The van der Waals surface area contributed by atoms with Gasteiger partial charge in [0.25, 0.3) is 0 Å². The number of hydrogen-bond acceptors (Lipinski definition) is 3. The van der Waals surface area contributed by atoms with Crippen molar-refractivity contribution < 1.29 is 4.74 Å². The summed E-state index contributed by atoms with van der Waals surface area (Å²) in [6, 6.07) is 0.623. The van der Waals surface area contributed by atoms with E-state index in [-0.39, 0.29) is 5.60 Å². The van der Waals surface area contributed by atoms with E-state index in [0.717, 1.165) is 19.7 Å². The first kappa shape index (κ1) is 10.4. The topological polar surface area (TPSA) is 24.5 Å². The molecule has 0 amide bonds. The van der Waals surface area contributed by atoms with Crippen LogP contribution in [0.4, 0.5) is 0 Å². The van der Waals surface area contributed by atoms with Gasteiger partial charge in [-0.2, -0.15) is 0 Å². The highest BCUT2D eigenvalue weighted by molar-refractivity contribution is 4.98. The van der Waals surface area contributed by atoms with E-state index in [1.807, 2.05) is 0 Å². The van der Waals surface area contributed by atoms with Crippen molar-refractivity contribution in [3.8, 4) is 0 Å². The van der Waals surface area contributed by atoms with E-state index in [4.69, 9.17) is 4.74 Å². The molecular weight excluding hydrogens is 176 g/mol. The molecule has 0 aromatic rings. The van der Waals surface area contributed by atoms with Crippen molar-refractivity contribution in [3.63, 3.8) is 0 Å². The van der Waals surface area contributed by atoms with Gasteiger partial charge >= 0.3 is 0 Å². The van der Waals surface area contributed by atoms with E-state index < -0.39 is 0 Å². The first-order chi connectivity index (χ1) is 6.75. The minimum atomic E-state index is 0.160. The fraction of sp³-hybridized carbons (Fsp3) is 1.00. The SMILES string of the molecule is CN(C)C1CCCOC12CCNCC2. The Kier molecular flexibility index (Phi) is 3.10. The van der Waals surface area contributed by atoms with Crippen LogP contribution in [0.2, 0.25) is 0 Å². The third-order valence-corrected chi connectivity index (χ3v) is 3.69. The summed E-state index contributed by atoms with van der Waals surface area (Å²) in [7, 11) is 4.37. The van der Waals surface area contributed by atoms with Gasteiger partial charge < -0.3 is 15.0 Å². The quantitative estimate of drug-likeness (QED) is 0.676. The molecule has 2 heterocycles. The molecule has 1 unspecified atom stereocenters. The predicted molar refractivity (Wildman–Crippen MR) is 57.5 cm³/mol. The molecule has 2 aliphatic heterocycles. The number of ether oxygens (including phenoxy) is 1. The van der Waals surface area contributed by atoms with Crippen LogP contribution in [0.25, 0.3) is 0 Å². The average Bonchev–Trinajstić information content (AvgIpc) is 2.19. The number of rotatable bonds is 1. The largest absolute Gasteiger partial charge is 0.373 e. The maximum absolute atomic E-state index is 6.10. The molecule has 2 saturated heterocycles. The van der Waals surface area contributed by atoms with Crippen LogP contribution >= 0.6 is 0 Å². The summed E-state index contributed by atoms with van der Waals surface area (Å²) in [5.74, 6) is 0. The lowest BCUT2D eigenvalue weighted by Gasteiger charge is -2.49. The normalized spacial score (nSPS) is 32.4. The molecule has 3 heteroatoms. The molecule has 3 nitrogen and oxygen atoms in total. The van der Waals surface area contributed by atoms with E-state index in [0.29, 0.717) is 6.04 Å². The highest BCUT2D eigenvalue weighted by atomic mass is 16.5. The lowest BCUT2D eigenvalue weighted by molar-refractivity contribution is -0.139. The van der Waals surface area contributed by atoms with Crippen molar-refractivity contribution in [3.05, 3.63) is 0 Å². The Bertz CT molecular complexity index is 179. The summed E-state index contributed by atoms with van der Waals surface area (Å²) in [5.41, 5.74) is 0.160. The Morgan fingerprint density at radius 3 is 2.64 bits per heavy atom. The van der Waals surface area contributed by atoms with Crippen LogP contribution in [-0.2, 0) is 4.74 Å². The molecular formula is C11H22N2O. The molecule has 0 aromatic carbocycles. The Morgan fingerprint density at radius 2 is 2.00 bits per heavy atom. The fourth-order valence-electron chi connectivity index (χ4n) is 2.97. The first-order valence-corrected chi connectivity index (χ1v) is 5.76. The second-order valence-electron chi connectivity index (χ2n) is 4.78. The van der Waals surface area contributed by atoms with Crippen LogP contribution in [0.15, 0.2) is 0 Å². The molecule has 0 aromatic heterocycles. The minimum Gasteiger partial charge on any atom is -0.373 e. The van der Waals surface area contributed by atoms with Crippen molar-refractivity contribution >= 4 is 0 Å². The Hall–Kier alpha value is -0.120. The summed E-state index contributed by atoms with van der Waals surface area (Å²) < 4.78 is 6.10. The summed E-state index contributed by atoms with van der Waals surface area (Å²) in [5, 5.41) is 3.42. The second kappa shape index (κ2) is 4.17. The number of piperidine rings is 1. The summed E-state index contributed by atoms with van der Waals surface area (Å²) in [6.45, 7) is 3.19. The number of hydrogen-bond donors (Lipinski definition) is 1. The minimum absolute atomic E-state index is 0.160. The zero-order valence-corrected chi connectivity index (χ0v) is 9.38. The highest BCUT2D eigenvalue weighted by Gasteiger charge is 2.43. The Balaban J connectivity index is 2.10. The van der Waals surface area contributed by atoms with E-state index in [1.165, 1.54) is 25.7 Å². The fourth-order valence-corrected chi connectivity index (χ4v) is 2.97. The van der Waals surface area contributed by atoms with Gasteiger partial charge in [-0.15, -0.1) is 0 Å². The first-order valence-electron chi connectivity index (χ1n) is 5.76. The standard InChI is InChI=1S/C11H22N2O/c1-13(2)10-4-3-9-14-11(10)5-7-12-8-6-11/h10,12H,3-9H2,1-2H3. The molecule has 0 saturated carbocycles. The maximum atomic E-state index is 6.10. The third-order valence-electron chi connectivity index (χ3n) is 3.69. The maximum Gasteiger partial charge on any atom is 0.0860 e. The van der Waals surface area contributed by atoms with Crippen LogP contribution in [0, 0.1) is 0 Å². The van der Waals surface area contributed by atoms with Crippen molar-refractivity contribution in [2.45, 2.75) is 37.3 Å². The molecule has 2 fully saturated rings. The Morgan fingerprint density at radius 1 is 1.29 bits per heavy atom. The smallest absolute Gasteiger partial charge is 0.0860 e. The molecule has 0 bridgehead atoms. The van der Waals surface area contributed by atoms with E-state index >= 15 is 0 Å². The van der Waals surface area contributed by atoms with Crippen molar-refractivity contribution in [2.24, 2.45) is 0 Å². The Labute approximate surface area is 86.8 Å². The lowest BCUT2D eigenvalue weighted by Crippen LogP contribution is -2.59. The van der Waals surface area contributed by atoms with Gasteiger partial charge in [0.2, 0.25) is 0 Å². The molecule has 2 rings (SSSR count). The molecule has 82 valence electrons. The van der Waals surface area contributed by atoms with E-state index in [9.17, 15) is 0 Å². The summed E-state index contributed by atoms with van der Waals surface area (Å²) >= 11 is 0. The van der Waals surface area contributed by atoms with Crippen molar-refractivity contribution in [1.82, 2.24) is 10.2 Å². The second-order valence-corrected chi connectivity index (χ2v) is 4.78. The molecule has 2 aliphatic rings. The third kappa shape index (κ3) is 1.81. The van der Waals surface area contributed by atoms with Gasteiger partial charge in [0.15, 0.2) is 0 Å². The number of likely N-dealkylation sites (N-methyl/N-ethyl adjacent to an activating group) is 1. The van der Waals surface area contributed by atoms with E-state index in [2.05, 4.69) is 24.3 Å². The molecule has 14 heavy (non-hydrogen) atoms. The number of nitrogens with zero attached hydrogens (tertiary/aromatic N) is 1. The van der Waals surface area contributed by atoms with Gasteiger partial charge in [-0.3, -0.25) is 0 Å². The molecule has 1 N–H and O–H groups in total. The summed E-state index contributed by atoms with van der Waals surface area (Å²) in [6.07, 6.45) is 4.87. The van der Waals surface area contributed by atoms with Gasteiger partial charge in [-0.1, -0.05) is 0 Å². The molecule has 1 spiro atoms. The average molecular weight is 198 g/mol. The van der Waals surface area contributed by atoms with Crippen LogP contribution in [0.5, 0.6) is 0 Å². The van der Waals surface area contributed by atoms with Gasteiger partial charge in [0.05, 0.1) is 5.60 Å². The monoisotopic (exact) mass is 198 g/mol. The van der Waals surface area contributed by atoms with Gasteiger partial charge in [0, 0.05) is 12.6 Å². The summed E-state index contributed by atoms with van der Waals surface area (Å²) in [4.78, 5) is 2.35. The molecule has 0 aliphatic carbocycles. The van der Waals surface area contributed by atoms with Crippen molar-refractivity contribution in [2.75, 3.05) is 33.8 Å². The van der Waals surface area contributed by atoms with Crippen LogP contribution in [-0.4, -0.2) is 50.3 Å². The zero-order valence-electron chi connectivity index (χ0n) is 9.38. The molecule has 1 atom stereocenters. The zero-order chi connectivity index (χ0) is 10.0. The van der Waals surface area contributed by atoms with Crippen LogP contribution in [0.3, 0.4) is 0 Å². The predicted octanol–water partition coefficient (Wildman–Crippen LogP) is 0.849. The lowest BCUT2D eigenvalue weighted by atomic mass is 9.80. The van der Waals surface area contributed by atoms with Gasteiger partial charge in [-0.05, 0) is 52.9 Å².